The minimum Gasteiger partial charge on any atom is -0.462 e. The highest BCUT2D eigenvalue weighted by Gasteiger charge is 2.20. The number of esters is 1. The fraction of sp³-hybridized carbons (Fsp3) is 0.375. The molecule has 2 rings (SSSR count). The smallest absolute Gasteiger partial charge is 0.343 e. The minimum atomic E-state index is -0.307. The molecule has 0 saturated carbocycles. The molecular formula is C16H20N2O2S. The van der Waals surface area contributed by atoms with E-state index in [1.165, 1.54) is 17.1 Å². The molecule has 0 fully saturated rings. The van der Waals surface area contributed by atoms with Crippen molar-refractivity contribution in [2.75, 3.05) is 11.9 Å². The van der Waals surface area contributed by atoms with E-state index in [0.29, 0.717) is 17.9 Å². The Morgan fingerprint density at radius 1 is 1.38 bits per heavy atom. The third kappa shape index (κ3) is 4.04. The van der Waals surface area contributed by atoms with Crippen molar-refractivity contribution in [3.05, 3.63) is 47.2 Å². The van der Waals surface area contributed by atoms with Gasteiger partial charge in [0.2, 0.25) is 0 Å². The zero-order valence-electron chi connectivity index (χ0n) is 12.6. The number of aromatic nitrogens is 1. The standard InChI is InChI=1S/C16H20N2O2S/c1-4-20-16(19)14-12(3)18-21-15(14)17-11(2)10-13-8-6-5-7-9-13/h5-9,11,17H,4,10H2,1-3H3. The van der Waals surface area contributed by atoms with Gasteiger partial charge in [-0.1, -0.05) is 30.3 Å². The van der Waals surface area contributed by atoms with E-state index < -0.39 is 0 Å². The van der Waals surface area contributed by atoms with E-state index in [2.05, 4.69) is 28.7 Å². The van der Waals surface area contributed by atoms with Gasteiger partial charge in [-0.3, -0.25) is 0 Å². The van der Waals surface area contributed by atoms with E-state index >= 15 is 0 Å². The Hall–Kier alpha value is -1.88. The van der Waals surface area contributed by atoms with Gasteiger partial charge in [-0.15, -0.1) is 0 Å². The van der Waals surface area contributed by atoms with Crippen molar-refractivity contribution in [2.24, 2.45) is 0 Å². The van der Waals surface area contributed by atoms with Gasteiger partial charge in [0.25, 0.3) is 0 Å². The second kappa shape index (κ2) is 7.22. The van der Waals surface area contributed by atoms with Crippen LogP contribution < -0.4 is 5.32 Å². The number of carbonyl (C=O) groups excluding carboxylic acids is 1. The second-order valence-electron chi connectivity index (χ2n) is 4.93. The van der Waals surface area contributed by atoms with E-state index in [0.717, 1.165) is 11.4 Å². The molecule has 21 heavy (non-hydrogen) atoms. The van der Waals surface area contributed by atoms with Gasteiger partial charge in [-0.25, -0.2) is 4.79 Å². The average Bonchev–Trinajstić information content (AvgIpc) is 2.81. The molecule has 1 heterocycles. The fourth-order valence-electron chi connectivity index (χ4n) is 2.15. The Morgan fingerprint density at radius 3 is 2.76 bits per heavy atom. The molecule has 1 aromatic heterocycles. The summed E-state index contributed by atoms with van der Waals surface area (Å²) in [6.45, 7) is 6.10. The van der Waals surface area contributed by atoms with Gasteiger partial charge in [0.05, 0.1) is 12.3 Å². The number of nitrogens with zero attached hydrogens (tertiary/aromatic N) is 1. The molecule has 0 bridgehead atoms. The summed E-state index contributed by atoms with van der Waals surface area (Å²) in [6.07, 6.45) is 0.889. The van der Waals surface area contributed by atoms with Gasteiger partial charge in [-0.05, 0) is 44.3 Å². The topological polar surface area (TPSA) is 51.2 Å². The minimum absolute atomic E-state index is 0.209. The second-order valence-corrected chi connectivity index (χ2v) is 5.70. The lowest BCUT2D eigenvalue weighted by atomic mass is 10.1. The number of aryl methyl sites for hydroxylation is 1. The number of rotatable bonds is 6. The number of benzene rings is 1. The molecule has 0 radical (unpaired) electrons. The zero-order chi connectivity index (χ0) is 15.2. The molecule has 1 aromatic carbocycles. The summed E-state index contributed by atoms with van der Waals surface area (Å²) >= 11 is 1.31. The summed E-state index contributed by atoms with van der Waals surface area (Å²) in [5.74, 6) is -0.307. The van der Waals surface area contributed by atoms with Gasteiger partial charge < -0.3 is 10.1 Å². The van der Waals surface area contributed by atoms with Crippen molar-refractivity contribution >= 4 is 22.5 Å². The molecule has 0 saturated heterocycles. The van der Waals surface area contributed by atoms with Crippen molar-refractivity contribution in [1.82, 2.24) is 4.37 Å². The average molecular weight is 304 g/mol. The summed E-state index contributed by atoms with van der Waals surface area (Å²) in [6, 6.07) is 10.5. The lowest BCUT2D eigenvalue weighted by molar-refractivity contribution is 0.0527. The highest BCUT2D eigenvalue weighted by molar-refractivity contribution is 7.10. The summed E-state index contributed by atoms with van der Waals surface area (Å²) < 4.78 is 9.35. The van der Waals surface area contributed by atoms with Crippen molar-refractivity contribution in [1.29, 1.82) is 0 Å². The molecular weight excluding hydrogens is 284 g/mol. The Labute approximate surface area is 129 Å². The van der Waals surface area contributed by atoms with Gasteiger partial charge in [-0.2, -0.15) is 4.37 Å². The van der Waals surface area contributed by atoms with Crippen LogP contribution in [0.25, 0.3) is 0 Å². The first kappa shape index (κ1) is 15.5. The number of hydrogen-bond acceptors (Lipinski definition) is 5. The molecule has 1 atom stereocenters. The summed E-state index contributed by atoms with van der Waals surface area (Å²) in [5.41, 5.74) is 2.53. The highest BCUT2D eigenvalue weighted by atomic mass is 32.1. The monoisotopic (exact) mass is 304 g/mol. The Kier molecular flexibility index (Phi) is 5.33. The Balaban J connectivity index is 2.07. The quantitative estimate of drug-likeness (QED) is 0.827. The maximum Gasteiger partial charge on any atom is 0.343 e. The molecule has 0 amide bonds. The number of nitrogens with one attached hydrogen (secondary N) is 1. The van der Waals surface area contributed by atoms with Gasteiger partial charge in [0.15, 0.2) is 0 Å². The summed E-state index contributed by atoms with van der Waals surface area (Å²) in [7, 11) is 0. The molecule has 1 N–H and O–H groups in total. The molecule has 112 valence electrons. The van der Waals surface area contributed by atoms with Crippen LogP contribution in [-0.4, -0.2) is 23.0 Å². The predicted molar refractivity (Wildman–Crippen MR) is 86.0 cm³/mol. The molecule has 4 nitrogen and oxygen atoms in total. The van der Waals surface area contributed by atoms with Gasteiger partial charge in [0, 0.05) is 6.04 Å². The van der Waals surface area contributed by atoms with E-state index in [1.807, 2.05) is 25.1 Å². The maximum absolute atomic E-state index is 12.0. The molecule has 0 aliphatic carbocycles. The highest BCUT2D eigenvalue weighted by Crippen LogP contribution is 2.26. The van der Waals surface area contributed by atoms with E-state index in [-0.39, 0.29) is 12.0 Å². The molecule has 0 spiro atoms. The van der Waals surface area contributed by atoms with Crippen molar-refractivity contribution in [2.45, 2.75) is 33.2 Å². The van der Waals surface area contributed by atoms with Crippen LogP contribution in [0.1, 0.15) is 35.5 Å². The molecule has 2 aromatic rings. The first-order valence-corrected chi connectivity index (χ1v) is 7.83. The van der Waals surface area contributed by atoms with Crippen LogP contribution in [-0.2, 0) is 11.2 Å². The summed E-state index contributed by atoms with van der Waals surface area (Å²) in [4.78, 5) is 12.0. The summed E-state index contributed by atoms with van der Waals surface area (Å²) in [5, 5.41) is 4.16. The largest absolute Gasteiger partial charge is 0.462 e. The lowest BCUT2D eigenvalue weighted by Gasteiger charge is -2.14. The van der Waals surface area contributed by atoms with Gasteiger partial charge >= 0.3 is 5.97 Å². The number of carbonyl (C=O) groups is 1. The molecule has 0 aliphatic heterocycles. The van der Waals surface area contributed by atoms with Crippen LogP contribution in [0.5, 0.6) is 0 Å². The maximum atomic E-state index is 12.0. The molecule has 1 unspecified atom stereocenters. The van der Waals surface area contributed by atoms with Crippen LogP contribution in [0.4, 0.5) is 5.00 Å². The third-order valence-corrected chi connectivity index (χ3v) is 3.97. The fourth-order valence-corrected chi connectivity index (χ4v) is 3.05. The van der Waals surface area contributed by atoms with Crippen molar-refractivity contribution in [3.63, 3.8) is 0 Å². The number of ether oxygens (including phenoxy) is 1. The first-order valence-electron chi connectivity index (χ1n) is 7.05. The van der Waals surface area contributed by atoms with E-state index in [9.17, 15) is 4.79 Å². The first-order chi connectivity index (χ1) is 10.1. The lowest BCUT2D eigenvalue weighted by Crippen LogP contribution is -2.19. The predicted octanol–water partition coefficient (Wildman–Crippen LogP) is 3.67. The van der Waals surface area contributed by atoms with E-state index in [1.54, 1.807) is 6.92 Å². The van der Waals surface area contributed by atoms with Crippen LogP contribution in [0.3, 0.4) is 0 Å². The normalized spacial score (nSPS) is 12.0. The van der Waals surface area contributed by atoms with Gasteiger partial charge in [0.1, 0.15) is 10.6 Å². The third-order valence-electron chi connectivity index (χ3n) is 3.10. The molecule has 5 heteroatoms. The van der Waals surface area contributed by atoms with E-state index in [4.69, 9.17) is 4.74 Å². The molecule has 0 aliphatic rings. The number of hydrogen-bond donors (Lipinski definition) is 1. The van der Waals surface area contributed by atoms with Crippen molar-refractivity contribution in [3.8, 4) is 0 Å². The number of anilines is 1. The van der Waals surface area contributed by atoms with Crippen LogP contribution in [0.15, 0.2) is 30.3 Å². The Morgan fingerprint density at radius 2 is 2.10 bits per heavy atom. The van der Waals surface area contributed by atoms with Crippen LogP contribution in [0.2, 0.25) is 0 Å². The van der Waals surface area contributed by atoms with Crippen LogP contribution >= 0.6 is 11.5 Å². The Bertz CT molecular complexity index is 596. The zero-order valence-corrected chi connectivity index (χ0v) is 13.4. The van der Waals surface area contributed by atoms with Crippen LogP contribution in [0, 0.1) is 6.92 Å². The van der Waals surface area contributed by atoms with Crippen molar-refractivity contribution < 1.29 is 9.53 Å². The SMILES string of the molecule is CCOC(=O)c1c(C)nsc1NC(C)Cc1ccccc1.